The van der Waals surface area contributed by atoms with Crippen molar-refractivity contribution in [3.05, 3.63) is 54.3 Å². The second-order valence-electron chi connectivity index (χ2n) is 2.13. The Hall–Kier alpha value is -1.21. The van der Waals surface area contributed by atoms with Gasteiger partial charge in [-0.05, 0) is 11.6 Å². The van der Waals surface area contributed by atoms with E-state index in [1.54, 1.807) is 13.2 Å². The summed E-state index contributed by atoms with van der Waals surface area (Å²) in [5, 5.41) is 0.757. The lowest BCUT2D eigenvalue weighted by molar-refractivity contribution is 0.339. The van der Waals surface area contributed by atoms with Crippen molar-refractivity contribution in [1.82, 2.24) is 0 Å². The molecule has 0 aliphatic heterocycles. The molecule has 1 aromatic rings. The summed E-state index contributed by atoms with van der Waals surface area (Å²) >= 11 is 5.75. The maximum Gasteiger partial charge on any atom is 0.0766 e. The predicted octanol–water partition coefficient (Wildman–Crippen LogP) is 3.76. The lowest BCUT2D eigenvalue weighted by Gasteiger charge is -1.92. The molecule has 0 spiro atoms. The van der Waals surface area contributed by atoms with E-state index in [0.29, 0.717) is 0 Å². The standard InChI is InChI=1S/C8H7Cl.C3H6O/c1-2-7-5-3-4-6-8(7)9;1-3-4-2/h2-6H,1H2;3H,1H2,2H3. The largest absolute Gasteiger partial charge is 0.505 e. The first-order valence-corrected chi connectivity index (χ1v) is 4.14. The van der Waals surface area contributed by atoms with Crippen LogP contribution in [0.2, 0.25) is 5.02 Å². The van der Waals surface area contributed by atoms with E-state index in [-0.39, 0.29) is 0 Å². The van der Waals surface area contributed by atoms with Crippen LogP contribution in [0.3, 0.4) is 0 Å². The van der Waals surface area contributed by atoms with E-state index >= 15 is 0 Å². The van der Waals surface area contributed by atoms with E-state index in [4.69, 9.17) is 11.6 Å². The molecule has 0 N–H and O–H groups in total. The molecule has 0 bridgehead atoms. The Morgan fingerprint density at radius 1 is 1.31 bits per heavy atom. The molecule has 0 radical (unpaired) electrons. The van der Waals surface area contributed by atoms with Crippen molar-refractivity contribution in [2.24, 2.45) is 0 Å². The molecular formula is C11H13ClO. The van der Waals surface area contributed by atoms with Crippen LogP contribution in [0.4, 0.5) is 0 Å². The van der Waals surface area contributed by atoms with Crippen molar-refractivity contribution >= 4 is 17.7 Å². The molecule has 70 valence electrons. The molecule has 2 heteroatoms. The zero-order chi connectivity index (χ0) is 10.1. The normalized spacial score (nSPS) is 7.85. The number of hydrogen-bond acceptors (Lipinski definition) is 1. The molecule has 0 fully saturated rings. The molecule has 0 aliphatic carbocycles. The van der Waals surface area contributed by atoms with Gasteiger partial charge >= 0.3 is 0 Å². The van der Waals surface area contributed by atoms with Crippen molar-refractivity contribution in [2.75, 3.05) is 7.11 Å². The molecule has 0 amide bonds. The number of hydrogen-bond donors (Lipinski definition) is 0. The third-order valence-corrected chi connectivity index (χ3v) is 1.64. The monoisotopic (exact) mass is 196 g/mol. The third-order valence-electron chi connectivity index (χ3n) is 1.29. The van der Waals surface area contributed by atoms with Gasteiger partial charge in [0.2, 0.25) is 0 Å². The Bertz CT molecular complexity index is 269. The first-order chi connectivity index (χ1) is 6.26. The van der Waals surface area contributed by atoms with Gasteiger partial charge in [0.05, 0.1) is 13.4 Å². The third kappa shape index (κ3) is 5.10. The molecule has 0 saturated carbocycles. The van der Waals surface area contributed by atoms with Gasteiger partial charge in [0, 0.05) is 5.02 Å². The average Bonchev–Trinajstić information content (AvgIpc) is 2.19. The molecule has 0 atom stereocenters. The van der Waals surface area contributed by atoms with E-state index in [9.17, 15) is 0 Å². The fourth-order valence-electron chi connectivity index (χ4n) is 0.641. The Morgan fingerprint density at radius 3 is 2.15 bits per heavy atom. The molecule has 0 unspecified atom stereocenters. The first-order valence-electron chi connectivity index (χ1n) is 3.77. The van der Waals surface area contributed by atoms with Crippen molar-refractivity contribution in [3.8, 4) is 0 Å². The second-order valence-corrected chi connectivity index (χ2v) is 2.54. The highest BCUT2D eigenvalue weighted by molar-refractivity contribution is 6.32. The van der Waals surface area contributed by atoms with Gasteiger partial charge < -0.3 is 4.74 Å². The summed E-state index contributed by atoms with van der Waals surface area (Å²) in [6.07, 6.45) is 3.11. The minimum Gasteiger partial charge on any atom is -0.505 e. The van der Waals surface area contributed by atoms with Crippen LogP contribution in [0.15, 0.2) is 43.7 Å². The Balaban J connectivity index is 0.000000310. The van der Waals surface area contributed by atoms with E-state index in [0.717, 1.165) is 10.6 Å². The molecule has 0 aliphatic rings. The lowest BCUT2D eigenvalue weighted by atomic mass is 10.2. The van der Waals surface area contributed by atoms with Crippen LogP contribution in [-0.4, -0.2) is 7.11 Å². The van der Waals surface area contributed by atoms with Crippen LogP contribution >= 0.6 is 11.6 Å². The van der Waals surface area contributed by atoms with E-state index < -0.39 is 0 Å². The number of halogens is 1. The van der Waals surface area contributed by atoms with Crippen LogP contribution < -0.4 is 0 Å². The van der Waals surface area contributed by atoms with Gasteiger partial charge in [-0.15, -0.1) is 0 Å². The molecule has 1 rings (SSSR count). The van der Waals surface area contributed by atoms with E-state index in [2.05, 4.69) is 17.9 Å². The SMILES string of the molecule is C=COC.C=Cc1ccccc1Cl. The summed E-state index contributed by atoms with van der Waals surface area (Å²) in [5.41, 5.74) is 0.985. The molecule has 1 nitrogen and oxygen atoms in total. The maximum atomic E-state index is 5.75. The summed E-state index contributed by atoms with van der Waals surface area (Å²) in [4.78, 5) is 0. The number of methoxy groups -OCH3 is 1. The molecule has 0 aromatic heterocycles. The number of ether oxygens (including phenoxy) is 1. The van der Waals surface area contributed by atoms with Crippen molar-refractivity contribution in [2.45, 2.75) is 0 Å². The van der Waals surface area contributed by atoms with Crippen LogP contribution in [-0.2, 0) is 4.74 Å². The van der Waals surface area contributed by atoms with Gasteiger partial charge in [0.15, 0.2) is 0 Å². The van der Waals surface area contributed by atoms with Crippen molar-refractivity contribution in [1.29, 1.82) is 0 Å². The Morgan fingerprint density at radius 2 is 1.85 bits per heavy atom. The summed E-state index contributed by atoms with van der Waals surface area (Å²) in [5.74, 6) is 0. The molecule has 13 heavy (non-hydrogen) atoms. The van der Waals surface area contributed by atoms with Gasteiger partial charge in [-0.25, -0.2) is 0 Å². The van der Waals surface area contributed by atoms with Crippen LogP contribution in [0.25, 0.3) is 6.08 Å². The average molecular weight is 197 g/mol. The summed E-state index contributed by atoms with van der Waals surface area (Å²) in [6.45, 7) is 6.86. The molecule has 0 saturated heterocycles. The minimum atomic E-state index is 0.757. The van der Waals surface area contributed by atoms with Gasteiger partial charge in [-0.3, -0.25) is 0 Å². The van der Waals surface area contributed by atoms with Crippen LogP contribution in [0.1, 0.15) is 5.56 Å². The quantitative estimate of drug-likeness (QED) is 0.655. The van der Waals surface area contributed by atoms with Crippen LogP contribution in [0, 0.1) is 0 Å². The first kappa shape index (κ1) is 11.8. The lowest BCUT2D eigenvalue weighted by Crippen LogP contribution is -1.69. The second kappa shape index (κ2) is 7.44. The zero-order valence-corrected chi connectivity index (χ0v) is 8.42. The van der Waals surface area contributed by atoms with E-state index in [1.165, 1.54) is 6.26 Å². The minimum absolute atomic E-state index is 0.757. The summed E-state index contributed by atoms with van der Waals surface area (Å²) < 4.78 is 4.31. The summed E-state index contributed by atoms with van der Waals surface area (Å²) in [7, 11) is 1.56. The van der Waals surface area contributed by atoms with Gasteiger partial charge in [0.1, 0.15) is 0 Å². The predicted molar refractivity (Wildman–Crippen MR) is 58.7 cm³/mol. The fraction of sp³-hybridized carbons (Fsp3) is 0.0909. The highest BCUT2D eigenvalue weighted by atomic mass is 35.5. The smallest absolute Gasteiger partial charge is 0.0766 e. The molecule has 1 aromatic carbocycles. The zero-order valence-electron chi connectivity index (χ0n) is 7.66. The number of rotatable bonds is 2. The van der Waals surface area contributed by atoms with Gasteiger partial charge in [-0.2, -0.15) is 0 Å². The fourth-order valence-corrected chi connectivity index (χ4v) is 0.854. The van der Waals surface area contributed by atoms with Gasteiger partial charge in [-0.1, -0.05) is 49.0 Å². The number of benzene rings is 1. The summed E-state index contributed by atoms with van der Waals surface area (Å²) in [6, 6.07) is 7.60. The topological polar surface area (TPSA) is 9.23 Å². The highest BCUT2D eigenvalue weighted by Gasteiger charge is 1.89. The molecule has 0 heterocycles. The maximum absolute atomic E-state index is 5.75. The molecular weight excluding hydrogens is 184 g/mol. The van der Waals surface area contributed by atoms with Gasteiger partial charge in [0.25, 0.3) is 0 Å². The Labute approximate surface area is 84.3 Å². The van der Waals surface area contributed by atoms with Crippen molar-refractivity contribution in [3.63, 3.8) is 0 Å². The van der Waals surface area contributed by atoms with Crippen LogP contribution in [0.5, 0.6) is 0 Å². The Kier molecular flexibility index (Phi) is 6.75. The van der Waals surface area contributed by atoms with Crippen molar-refractivity contribution < 1.29 is 4.74 Å². The van der Waals surface area contributed by atoms with E-state index in [1.807, 2.05) is 24.3 Å². The highest BCUT2D eigenvalue weighted by Crippen LogP contribution is 2.14.